The first kappa shape index (κ1) is 54.0. The zero-order valence-electron chi connectivity index (χ0n) is 36.6. The van der Waals surface area contributed by atoms with Crippen molar-refractivity contribution in [3.63, 3.8) is 0 Å². The molecule has 56 heavy (non-hydrogen) atoms. The minimum absolute atomic E-state index is 0.0410. The van der Waals surface area contributed by atoms with E-state index in [1.165, 1.54) is 83.5 Å². The highest BCUT2D eigenvalue weighted by Crippen LogP contribution is 2.38. The number of likely N-dealkylation sites (N-methyl/N-ethyl adjacent to an activating group) is 1. The maximum Gasteiger partial charge on any atom is 0.306 e. The zero-order chi connectivity index (χ0) is 41.4. The fourth-order valence-corrected chi connectivity index (χ4v) is 6.51. The highest BCUT2D eigenvalue weighted by atomic mass is 31.2. The fraction of sp³-hybridized carbons (Fsp3) is 0.783. The third kappa shape index (κ3) is 41.6. The summed E-state index contributed by atoms with van der Waals surface area (Å²) in [5.41, 5.74) is 0. The third-order valence-corrected chi connectivity index (χ3v) is 10.3. The quantitative estimate of drug-likeness (QED) is 0.0198. The second-order valence-electron chi connectivity index (χ2n) is 16.1. The van der Waals surface area contributed by atoms with E-state index in [4.69, 9.17) is 18.5 Å². The van der Waals surface area contributed by atoms with E-state index in [1.807, 2.05) is 21.1 Å². The van der Waals surface area contributed by atoms with Gasteiger partial charge in [0.2, 0.25) is 0 Å². The Hall–Kier alpha value is -2.03. The third-order valence-electron chi connectivity index (χ3n) is 9.32. The van der Waals surface area contributed by atoms with Crippen LogP contribution in [0.2, 0.25) is 0 Å². The van der Waals surface area contributed by atoms with Gasteiger partial charge in [-0.15, -0.1) is 0 Å². The number of ether oxygens (including phenoxy) is 2. The van der Waals surface area contributed by atoms with Crippen molar-refractivity contribution >= 4 is 19.8 Å². The van der Waals surface area contributed by atoms with Gasteiger partial charge in [-0.1, -0.05) is 146 Å². The van der Waals surface area contributed by atoms with Crippen LogP contribution in [0, 0.1) is 0 Å². The molecule has 10 heteroatoms. The van der Waals surface area contributed by atoms with Gasteiger partial charge in [-0.2, -0.15) is 0 Å². The molecule has 0 heterocycles. The molecule has 0 bridgehead atoms. The van der Waals surface area contributed by atoms with Crippen molar-refractivity contribution in [1.82, 2.24) is 0 Å². The summed E-state index contributed by atoms with van der Waals surface area (Å²) < 4.78 is 33.8. The Morgan fingerprint density at radius 2 is 0.982 bits per heavy atom. The Bertz CT molecular complexity index is 1100. The Balaban J connectivity index is 4.44. The SMILES string of the molecule is CCCCC/C=C/C/C=C/CCCCCCCC(=O)O[C@H](COC(=O)CCC/C=C/C/C=C/CCCCCCCCCCC)COP(=O)([O-])OCC[N+](C)(C)C. The van der Waals surface area contributed by atoms with Crippen LogP contribution in [-0.4, -0.2) is 70.0 Å². The number of hydrogen-bond acceptors (Lipinski definition) is 8. The molecule has 0 aliphatic carbocycles. The molecule has 0 amide bonds. The van der Waals surface area contributed by atoms with Crippen molar-refractivity contribution in [1.29, 1.82) is 0 Å². The maximum atomic E-state index is 12.7. The lowest BCUT2D eigenvalue weighted by molar-refractivity contribution is -0.870. The van der Waals surface area contributed by atoms with E-state index in [-0.39, 0.29) is 26.1 Å². The molecule has 0 spiro atoms. The molecule has 0 rings (SSSR count). The summed E-state index contributed by atoms with van der Waals surface area (Å²) >= 11 is 0. The van der Waals surface area contributed by atoms with Crippen molar-refractivity contribution in [2.75, 3.05) is 47.5 Å². The maximum absolute atomic E-state index is 12.7. The minimum Gasteiger partial charge on any atom is -0.756 e. The predicted octanol–water partition coefficient (Wildman–Crippen LogP) is 12.1. The monoisotopic (exact) mass is 810 g/mol. The standard InChI is InChI=1S/C46H84NO8P/c1-6-8-10-12-14-16-18-20-22-23-25-26-28-30-32-34-36-38-45(48)52-42-44(43-54-56(50,51)53-41-40-47(3,4)5)55-46(49)39-37-35-33-31-29-27-24-21-19-17-15-13-11-9-7-2/h15,17,21,24-26,30,32,44H,6-14,16,18-20,22-23,27-29,31,33-43H2,1-5H3/b17-15+,24-21+,26-25+,32-30+/t44-/m1/s1. The molecule has 0 N–H and O–H groups in total. The number of quaternary nitrogens is 1. The van der Waals surface area contributed by atoms with Crippen LogP contribution in [0.25, 0.3) is 0 Å². The molecule has 326 valence electrons. The number of unbranched alkanes of at least 4 members (excludes halogenated alkanes) is 18. The number of allylic oxidation sites excluding steroid dienone is 8. The van der Waals surface area contributed by atoms with Crippen molar-refractivity contribution in [3.05, 3.63) is 48.6 Å². The number of nitrogens with zero attached hydrogens (tertiary/aromatic N) is 1. The smallest absolute Gasteiger partial charge is 0.306 e. The van der Waals surface area contributed by atoms with Crippen molar-refractivity contribution in [3.8, 4) is 0 Å². The summed E-state index contributed by atoms with van der Waals surface area (Å²) in [7, 11) is 1.13. The highest BCUT2D eigenvalue weighted by molar-refractivity contribution is 7.45. The van der Waals surface area contributed by atoms with Crippen LogP contribution >= 0.6 is 7.82 Å². The van der Waals surface area contributed by atoms with E-state index in [1.54, 1.807) is 0 Å². The molecule has 0 aliphatic heterocycles. The number of carbonyl (C=O) groups excluding carboxylic acids is 2. The van der Waals surface area contributed by atoms with E-state index >= 15 is 0 Å². The van der Waals surface area contributed by atoms with Crippen LogP contribution in [0.1, 0.15) is 181 Å². The normalized spacial score (nSPS) is 14.0. The summed E-state index contributed by atoms with van der Waals surface area (Å²) in [6, 6.07) is 0. The minimum atomic E-state index is -4.64. The van der Waals surface area contributed by atoms with Gasteiger partial charge in [0.25, 0.3) is 7.82 Å². The predicted molar refractivity (Wildman–Crippen MR) is 231 cm³/mol. The molecule has 0 fully saturated rings. The topological polar surface area (TPSA) is 111 Å². The Labute approximate surface area is 343 Å². The lowest BCUT2D eigenvalue weighted by Gasteiger charge is -2.28. The summed E-state index contributed by atoms with van der Waals surface area (Å²) in [5.74, 6) is -0.905. The lowest BCUT2D eigenvalue weighted by atomic mass is 10.1. The van der Waals surface area contributed by atoms with E-state index in [9.17, 15) is 19.0 Å². The van der Waals surface area contributed by atoms with Gasteiger partial charge < -0.3 is 27.9 Å². The first-order chi connectivity index (χ1) is 27.0. The highest BCUT2D eigenvalue weighted by Gasteiger charge is 2.21. The lowest BCUT2D eigenvalue weighted by Crippen LogP contribution is -2.37. The van der Waals surface area contributed by atoms with Crippen molar-refractivity contribution in [2.24, 2.45) is 0 Å². The van der Waals surface area contributed by atoms with Crippen LogP contribution < -0.4 is 4.89 Å². The summed E-state index contributed by atoms with van der Waals surface area (Å²) in [6.45, 7) is 4.13. The average molecular weight is 810 g/mol. The molecule has 2 atom stereocenters. The summed E-state index contributed by atoms with van der Waals surface area (Å²) in [5, 5.41) is 0. The van der Waals surface area contributed by atoms with Gasteiger partial charge in [-0.05, 0) is 70.6 Å². The van der Waals surface area contributed by atoms with Gasteiger partial charge in [0.05, 0.1) is 27.7 Å². The second-order valence-corrected chi connectivity index (χ2v) is 17.5. The van der Waals surface area contributed by atoms with Gasteiger partial charge in [0.1, 0.15) is 19.8 Å². The van der Waals surface area contributed by atoms with Crippen LogP contribution in [0.3, 0.4) is 0 Å². The van der Waals surface area contributed by atoms with Crippen LogP contribution in [0.5, 0.6) is 0 Å². The number of carbonyl (C=O) groups is 2. The molecule has 1 unspecified atom stereocenters. The molecule has 9 nitrogen and oxygen atoms in total. The number of phosphoric acid groups is 1. The summed E-state index contributed by atoms with van der Waals surface area (Å²) in [6.07, 6.45) is 44.3. The van der Waals surface area contributed by atoms with Crippen LogP contribution in [0.4, 0.5) is 0 Å². The number of hydrogen-bond donors (Lipinski definition) is 0. The Morgan fingerprint density at radius 3 is 1.50 bits per heavy atom. The summed E-state index contributed by atoms with van der Waals surface area (Å²) in [4.78, 5) is 37.5. The van der Waals surface area contributed by atoms with Crippen LogP contribution in [-0.2, 0) is 32.7 Å². The van der Waals surface area contributed by atoms with E-state index < -0.39 is 32.5 Å². The van der Waals surface area contributed by atoms with E-state index in [0.717, 1.165) is 57.8 Å². The van der Waals surface area contributed by atoms with Gasteiger partial charge in [0.15, 0.2) is 6.10 Å². The van der Waals surface area contributed by atoms with Gasteiger partial charge in [-0.25, -0.2) is 0 Å². The molecule has 0 saturated carbocycles. The number of phosphoric ester groups is 1. The fourth-order valence-electron chi connectivity index (χ4n) is 5.78. The Morgan fingerprint density at radius 1 is 0.554 bits per heavy atom. The molecular weight excluding hydrogens is 725 g/mol. The molecule has 0 aliphatic rings. The molecule has 0 saturated heterocycles. The first-order valence-corrected chi connectivity index (χ1v) is 23.8. The molecule has 0 aromatic carbocycles. The number of rotatable bonds is 40. The molecule has 0 aromatic heterocycles. The van der Waals surface area contributed by atoms with Gasteiger partial charge >= 0.3 is 11.9 Å². The van der Waals surface area contributed by atoms with Gasteiger partial charge in [0, 0.05) is 12.8 Å². The molecule has 0 radical (unpaired) electrons. The molecule has 0 aromatic rings. The zero-order valence-corrected chi connectivity index (χ0v) is 37.5. The van der Waals surface area contributed by atoms with E-state index in [0.29, 0.717) is 23.9 Å². The molecular formula is C46H84NO8P. The largest absolute Gasteiger partial charge is 0.756 e. The number of esters is 2. The average Bonchev–Trinajstić information content (AvgIpc) is 3.15. The Kier molecular flexibility index (Phi) is 37.1. The van der Waals surface area contributed by atoms with Crippen LogP contribution in [0.15, 0.2) is 48.6 Å². The van der Waals surface area contributed by atoms with Crippen molar-refractivity contribution in [2.45, 2.75) is 187 Å². The first-order valence-electron chi connectivity index (χ1n) is 22.3. The second kappa shape index (κ2) is 38.5. The van der Waals surface area contributed by atoms with Gasteiger partial charge in [-0.3, -0.25) is 14.2 Å². The van der Waals surface area contributed by atoms with E-state index in [2.05, 4.69) is 62.5 Å². The van der Waals surface area contributed by atoms with Crippen molar-refractivity contribution < 1.29 is 42.1 Å².